The summed E-state index contributed by atoms with van der Waals surface area (Å²) in [7, 11) is 0. The van der Waals surface area contributed by atoms with E-state index in [1.807, 2.05) is 0 Å². The minimum Gasteiger partial charge on any atom is -0.478 e. The van der Waals surface area contributed by atoms with Gasteiger partial charge in [0.2, 0.25) is 0 Å². The molecule has 2 atom stereocenters. The molecule has 2 fully saturated rings. The average molecular weight is 507 g/mol. The van der Waals surface area contributed by atoms with Gasteiger partial charge in [-0.2, -0.15) is 13.2 Å². The van der Waals surface area contributed by atoms with Gasteiger partial charge in [0, 0.05) is 23.5 Å². The molecule has 2 N–H and O–H groups in total. The Morgan fingerprint density at radius 3 is 2.32 bits per heavy atom. The number of nitrogens with zero attached hydrogens (tertiary/aromatic N) is 1. The van der Waals surface area contributed by atoms with Crippen molar-refractivity contribution in [3.63, 3.8) is 0 Å². The fourth-order valence-electron chi connectivity index (χ4n) is 4.29. The van der Waals surface area contributed by atoms with Crippen LogP contribution in [0, 0.1) is 11.8 Å². The average Bonchev–Trinajstić information content (AvgIpc) is 2.92. The lowest BCUT2D eigenvalue weighted by atomic mass is 9.74. The van der Waals surface area contributed by atoms with Gasteiger partial charge in [0.05, 0.1) is 22.9 Å². The van der Waals surface area contributed by atoms with Crippen molar-refractivity contribution >= 4 is 33.7 Å². The van der Waals surface area contributed by atoms with Crippen LogP contribution in [0.3, 0.4) is 0 Å². The van der Waals surface area contributed by atoms with Gasteiger partial charge in [0.1, 0.15) is 5.60 Å². The molecule has 1 aliphatic heterocycles. The summed E-state index contributed by atoms with van der Waals surface area (Å²) in [5, 5.41) is 12.4. The number of rotatable bonds is 4. The van der Waals surface area contributed by atoms with Crippen molar-refractivity contribution in [3.05, 3.63) is 27.7 Å². The molecule has 3 rings (SSSR count). The lowest BCUT2D eigenvalue weighted by molar-refractivity contribution is -0.137. The number of amides is 1. The number of anilines is 1. The fourth-order valence-corrected chi connectivity index (χ4v) is 4.75. The van der Waals surface area contributed by atoms with E-state index >= 15 is 0 Å². The van der Waals surface area contributed by atoms with E-state index in [9.17, 15) is 27.9 Å². The maximum atomic E-state index is 13.8. The molecule has 172 valence electrons. The van der Waals surface area contributed by atoms with Gasteiger partial charge >= 0.3 is 18.2 Å². The third kappa shape index (κ3) is 5.45. The van der Waals surface area contributed by atoms with Crippen LogP contribution in [0.15, 0.2) is 16.6 Å². The number of alkyl halides is 3. The van der Waals surface area contributed by atoms with E-state index in [0.717, 1.165) is 25.3 Å². The SMILES string of the molecule is CC(C)(C)OC(=O)N[C@H]1CN(c2c(C(=O)O)cc(Br)cc2C(F)(F)F)CC1C1CCC1. The molecule has 1 heterocycles. The molecule has 0 bridgehead atoms. The normalized spacial score (nSPS) is 22.2. The molecule has 1 saturated carbocycles. The van der Waals surface area contributed by atoms with Crippen LogP contribution in [0.1, 0.15) is 56.0 Å². The zero-order valence-electron chi connectivity index (χ0n) is 17.6. The molecule has 1 saturated heterocycles. The van der Waals surface area contributed by atoms with E-state index in [-0.39, 0.29) is 35.1 Å². The van der Waals surface area contributed by atoms with Crippen molar-refractivity contribution in [2.24, 2.45) is 11.8 Å². The first-order valence-corrected chi connectivity index (χ1v) is 10.9. The van der Waals surface area contributed by atoms with Crippen molar-refractivity contribution in [1.29, 1.82) is 0 Å². The molecule has 0 spiro atoms. The van der Waals surface area contributed by atoms with Crippen LogP contribution in [0.25, 0.3) is 0 Å². The number of alkyl carbamates (subject to hydrolysis) is 1. The molecule has 1 aromatic carbocycles. The number of carbonyl (C=O) groups is 2. The second kappa shape index (κ2) is 8.52. The van der Waals surface area contributed by atoms with Crippen molar-refractivity contribution in [3.8, 4) is 0 Å². The maximum Gasteiger partial charge on any atom is 0.418 e. The van der Waals surface area contributed by atoms with E-state index in [2.05, 4.69) is 21.2 Å². The van der Waals surface area contributed by atoms with Crippen LogP contribution in [-0.2, 0) is 10.9 Å². The number of carboxylic acids is 1. The molecule has 0 radical (unpaired) electrons. The molecule has 1 aromatic rings. The minimum atomic E-state index is -4.73. The Morgan fingerprint density at radius 2 is 1.84 bits per heavy atom. The largest absolute Gasteiger partial charge is 0.478 e. The minimum absolute atomic E-state index is 0.0409. The van der Waals surface area contributed by atoms with Crippen LogP contribution in [0.2, 0.25) is 0 Å². The maximum absolute atomic E-state index is 13.8. The number of hydrogen-bond donors (Lipinski definition) is 2. The summed E-state index contributed by atoms with van der Waals surface area (Å²) < 4.78 is 46.8. The van der Waals surface area contributed by atoms with Gasteiger partial charge in [-0.05, 0) is 38.8 Å². The summed E-state index contributed by atoms with van der Waals surface area (Å²) >= 11 is 2.99. The van der Waals surface area contributed by atoms with E-state index in [0.29, 0.717) is 0 Å². The van der Waals surface area contributed by atoms with Gasteiger partial charge < -0.3 is 20.1 Å². The molecule has 0 aromatic heterocycles. The quantitative estimate of drug-likeness (QED) is 0.579. The number of ether oxygens (including phenoxy) is 1. The monoisotopic (exact) mass is 506 g/mol. The molecule has 2 aliphatic rings. The zero-order chi connectivity index (χ0) is 23.1. The first-order valence-electron chi connectivity index (χ1n) is 10.1. The van der Waals surface area contributed by atoms with Gasteiger partial charge in [0.15, 0.2) is 0 Å². The number of carboxylic acid groups (broad SMARTS) is 1. The summed E-state index contributed by atoms with van der Waals surface area (Å²) in [5.41, 5.74) is -2.50. The van der Waals surface area contributed by atoms with Gasteiger partial charge in [-0.3, -0.25) is 0 Å². The van der Waals surface area contributed by atoms with Crippen LogP contribution >= 0.6 is 15.9 Å². The van der Waals surface area contributed by atoms with Gasteiger partial charge in [-0.25, -0.2) is 9.59 Å². The standard InChI is InChI=1S/C21H26BrF3N2O4/c1-20(2,3)31-19(30)26-16-10-27(9-14(16)11-5-4-6-11)17-13(18(28)29)7-12(22)8-15(17)21(23,24)25/h7-8,11,14,16H,4-6,9-10H2,1-3H3,(H,26,30)(H,28,29)/t14?,16-/m0/s1. The molecule has 10 heteroatoms. The Hall–Kier alpha value is -1.97. The van der Waals surface area contributed by atoms with E-state index in [4.69, 9.17) is 4.74 Å². The second-order valence-corrected chi connectivity index (χ2v) is 10.1. The van der Waals surface area contributed by atoms with Gasteiger partial charge in [-0.1, -0.05) is 35.2 Å². The second-order valence-electron chi connectivity index (χ2n) is 9.16. The molecule has 6 nitrogen and oxygen atoms in total. The molecule has 1 unspecified atom stereocenters. The molecule has 1 aliphatic carbocycles. The highest BCUT2D eigenvalue weighted by Gasteiger charge is 2.45. The number of aromatic carboxylic acids is 1. The van der Waals surface area contributed by atoms with Gasteiger partial charge in [0.25, 0.3) is 0 Å². The lowest BCUT2D eigenvalue weighted by Gasteiger charge is -2.34. The summed E-state index contributed by atoms with van der Waals surface area (Å²) in [6.45, 7) is 5.50. The first-order chi connectivity index (χ1) is 14.3. The van der Waals surface area contributed by atoms with E-state index in [1.165, 1.54) is 11.0 Å². The number of hydrogen-bond acceptors (Lipinski definition) is 4. The van der Waals surface area contributed by atoms with Crippen molar-refractivity contribution in [1.82, 2.24) is 5.32 Å². The molecular weight excluding hydrogens is 481 g/mol. The molecular formula is C21H26BrF3N2O4. The molecule has 1 amide bonds. The Bertz CT molecular complexity index is 865. The van der Waals surface area contributed by atoms with E-state index in [1.54, 1.807) is 20.8 Å². The smallest absolute Gasteiger partial charge is 0.418 e. The predicted octanol–water partition coefficient (Wildman–Crippen LogP) is 5.30. The van der Waals surface area contributed by atoms with Crippen molar-refractivity contribution in [2.45, 2.75) is 57.9 Å². The summed E-state index contributed by atoms with van der Waals surface area (Å²) in [4.78, 5) is 25.6. The number of carbonyl (C=O) groups excluding carboxylic acids is 1. The first kappa shape index (κ1) is 23.7. The number of halogens is 4. The van der Waals surface area contributed by atoms with Gasteiger partial charge in [-0.15, -0.1) is 0 Å². The number of nitrogens with one attached hydrogen (secondary N) is 1. The third-order valence-electron chi connectivity index (χ3n) is 5.75. The predicted molar refractivity (Wildman–Crippen MR) is 112 cm³/mol. The third-order valence-corrected chi connectivity index (χ3v) is 6.21. The molecule has 31 heavy (non-hydrogen) atoms. The summed E-state index contributed by atoms with van der Waals surface area (Å²) in [6, 6.07) is 1.64. The Labute approximate surface area is 187 Å². The Morgan fingerprint density at radius 1 is 1.19 bits per heavy atom. The highest BCUT2D eigenvalue weighted by Crippen LogP contribution is 2.45. The summed E-state index contributed by atoms with van der Waals surface area (Å²) in [5.74, 6) is -1.26. The topological polar surface area (TPSA) is 78.9 Å². The lowest BCUT2D eigenvalue weighted by Crippen LogP contribution is -2.45. The van der Waals surface area contributed by atoms with E-state index < -0.39 is 41.0 Å². The van der Waals surface area contributed by atoms with Crippen LogP contribution in [-0.4, -0.2) is 41.9 Å². The summed E-state index contributed by atoms with van der Waals surface area (Å²) in [6.07, 6.45) is -2.46. The fraction of sp³-hybridized carbons (Fsp3) is 0.619. The van der Waals surface area contributed by atoms with Crippen LogP contribution < -0.4 is 10.2 Å². The van der Waals surface area contributed by atoms with Crippen molar-refractivity contribution < 1.29 is 32.6 Å². The van der Waals surface area contributed by atoms with Crippen molar-refractivity contribution in [2.75, 3.05) is 18.0 Å². The highest BCUT2D eigenvalue weighted by molar-refractivity contribution is 9.10. The van der Waals surface area contributed by atoms with Crippen LogP contribution in [0.5, 0.6) is 0 Å². The highest BCUT2D eigenvalue weighted by atomic mass is 79.9. The Balaban J connectivity index is 1.96. The zero-order valence-corrected chi connectivity index (χ0v) is 19.1. The van der Waals surface area contributed by atoms with Crippen LogP contribution in [0.4, 0.5) is 23.7 Å². The number of benzene rings is 1. The Kier molecular flexibility index (Phi) is 6.51.